The molecule has 3 rings (SSSR count). The van der Waals surface area contributed by atoms with Crippen molar-refractivity contribution >= 4 is 29.1 Å². The van der Waals surface area contributed by atoms with Crippen LogP contribution in [0.1, 0.15) is 63.3 Å². The summed E-state index contributed by atoms with van der Waals surface area (Å²) < 4.78 is 0. The average molecular weight is 447 g/mol. The van der Waals surface area contributed by atoms with E-state index < -0.39 is 0 Å². The molecule has 2 aromatic rings. The molecule has 30 heavy (non-hydrogen) atoms. The standard InChI is InChI=1S/C25H32Cl2N2O/c1-17(19-6-8-21(9-7-19)25(2,3)4)28-24(30)20-11-13-29(14-12-20)16-18-5-10-22(26)23(27)15-18/h5-10,15,17,20H,11-14,16H2,1-4H3,(H,28,30)/t17-/m1/s1. The second kappa shape index (κ2) is 9.72. The molecule has 0 aromatic heterocycles. The number of halogens is 2. The van der Waals surface area contributed by atoms with Crippen LogP contribution in [-0.2, 0) is 16.8 Å². The highest BCUT2D eigenvalue weighted by atomic mass is 35.5. The SMILES string of the molecule is C[C@@H](NC(=O)C1CCN(Cc2ccc(Cl)c(Cl)c2)CC1)c1ccc(C(C)(C)C)cc1. The van der Waals surface area contributed by atoms with Gasteiger partial charge in [0.25, 0.3) is 0 Å². The normalized spacial score (nSPS) is 17.0. The zero-order valence-corrected chi connectivity index (χ0v) is 19.9. The topological polar surface area (TPSA) is 32.3 Å². The van der Waals surface area contributed by atoms with Gasteiger partial charge in [-0.3, -0.25) is 9.69 Å². The highest BCUT2D eigenvalue weighted by Crippen LogP contribution is 2.26. The van der Waals surface area contributed by atoms with Crippen molar-refractivity contribution in [1.82, 2.24) is 10.2 Å². The number of hydrogen-bond donors (Lipinski definition) is 1. The molecule has 2 aromatic carbocycles. The van der Waals surface area contributed by atoms with Crippen LogP contribution in [0.4, 0.5) is 0 Å². The van der Waals surface area contributed by atoms with E-state index in [0.29, 0.717) is 10.0 Å². The molecule has 1 saturated heterocycles. The number of carbonyl (C=O) groups excluding carboxylic acids is 1. The molecule has 3 nitrogen and oxygen atoms in total. The molecule has 0 radical (unpaired) electrons. The third kappa shape index (κ3) is 6.00. The first-order chi connectivity index (χ1) is 14.1. The molecular formula is C25H32Cl2N2O. The molecule has 162 valence electrons. The number of rotatable bonds is 5. The largest absolute Gasteiger partial charge is 0.349 e. The van der Waals surface area contributed by atoms with Crippen LogP contribution >= 0.6 is 23.2 Å². The number of amides is 1. The Kier molecular flexibility index (Phi) is 7.49. The minimum atomic E-state index is 0.0146. The maximum atomic E-state index is 12.8. The Labute approximate surface area is 190 Å². The number of benzene rings is 2. The molecule has 0 aliphatic carbocycles. The van der Waals surface area contributed by atoms with Gasteiger partial charge < -0.3 is 5.32 Å². The number of hydrogen-bond acceptors (Lipinski definition) is 2. The Morgan fingerprint density at radius 2 is 1.70 bits per heavy atom. The van der Waals surface area contributed by atoms with Crippen LogP contribution in [0.15, 0.2) is 42.5 Å². The second-order valence-electron chi connectivity index (χ2n) is 9.40. The summed E-state index contributed by atoms with van der Waals surface area (Å²) >= 11 is 12.1. The molecule has 1 amide bonds. The molecule has 0 spiro atoms. The molecule has 0 unspecified atom stereocenters. The first-order valence-electron chi connectivity index (χ1n) is 10.7. The zero-order chi connectivity index (χ0) is 21.9. The lowest BCUT2D eigenvalue weighted by atomic mass is 9.86. The van der Waals surface area contributed by atoms with Crippen molar-refractivity contribution in [3.8, 4) is 0 Å². The van der Waals surface area contributed by atoms with Crippen molar-refractivity contribution in [2.24, 2.45) is 5.92 Å². The molecule has 1 fully saturated rings. The van der Waals surface area contributed by atoms with E-state index in [1.165, 1.54) is 5.56 Å². The third-order valence-corrected chi connectivity index (χ3v) is 6.72. The Morgan fingerprint density at radius 3 is 2.27 bits per heavy atom. The third-order valence-electron chi connectivity index (χ3n) is 5.98. The zero-order valence-electron chi connectivity index (χ0n) is 18.3. The summed E-state index contributed by atoms with van der Waals surface area (Å²) in [5, 5.41) is 4.38. The van der Waals surface area contributed by atoms with E-state index in [-0.39, 0.29) is 23.3 Å². The summed E-state index contributed by atoms with van der Waals surface area (Å²) in [4.78, 5) is 15.2. The van der Waals surface area contributed by atoms with Gasteiger partial charge in [0, 0.05) is 12.5 Å². The number of nitrogens with one attached hydrogen (secondary N) is 1. The predicted molar refractivity (Wildman–Crippen MR) is 126 cm³/mol. The molecule has 5 heteroatoms. The fourth-order valence-corrected chi connectivity index (χ4v) is 4.26. The van der Waals surface area contributed by atoms with Crippen LogP contribution < -0.4 is 5.32 Å². The van der Waals surface area contributed by atoms with E-state index in [1.807, 2.05) is 18.2 Å². The van der Waals surface area contributed by atoms with Gasteiger partial charge >= 0.3 is 0 Å². The summed E-state index contributed by atoms with van der Waals surface area (Å²) in [5.74, 6) is 0.239. The van der Waals surface area contributed by atoms with Gasteiger partial charge in [-0.15, -0.1) is 0 Å². The minimum absolute atomic E-state index is 0.0146. The molecular weight excluding hydrogens is 415 g/mol. The fourth-order valence-electron chi connectivity index (χ4n) is 3.94. The van der Waals surface area contributed by atoms with Gasteiger partial charge in [-0.05, 0) is 67.1 Å². The van der Waals surface area contributed by atoms with Crippen LogP contribution in [0, 0.1) is 5.92 Å². The molecule has 1 heterocycles. The predicted octanol–water partition coefficient (Wildman–Crippen LogP) is 6.38. The maximum Gasteiger partial charge on any atom is 0.223 e. The Hall–Kier alpha value is -1.55. The number of carbonyl (C=O) groups is 1. The van der Waals surface area contributed by atoms with Crippen molar-refractivity contribution in [2.75, 3.05) is 13.1 Å². The monoisotopic (exact) mass is 446 g/mol. The minimum Gasteiger partial charge on any atom is -0.349 e. The molecule has 0 saturated carbocycles. The maximum absolute atomic E-state index is 12.8. The highest BCUT2D eigenvalue weighted by molar-refractivity contribution is 6.42. The number of likely N-dealkylation sites (tertiary alicyclic amines) is 1. The summed E-state index contributed by atoms with van der Waals surface area (Å²) in [6, 6.07) is 14.4. The lowest BCUT2D eigenvalue weighted by Gasteiger charge is -2.32. The first kappa shape index (κ1) is 23.1. The van der Waals surface area contributed by atoms with E-state index in [0.717, 1.165) is 43.6 Å². The molecule has 1 aliphatic heterocycles. The van der Waals surface area contributed by atoms with Crippen molar-refractivity contribution in [1.29, 1.82) is 0 Å². The van der Waals surface area contributed by atoms with Crippen molar-refractivity contribution in [2.45, 2.75) is 58.5 Å². The van der Waals surface area contributed by atoms with E-state index in [9.17, 15) is 4.79 Å². The Balaban J connectivity index is 1.49. The van der Waals surface area contributed by atoms with Crippen LogP contribution in [-0.4, -0.2) is 23.9 Å². The smallest absolute Gasteiger partial charge is 0.223 e. The first-order valence-corrected chi connectivity index (χ1v) is 11.5. The van der Waals surface area contributed by atoms with Gasteiger partial charge in [0.2, 0.25) is 5.91 Å². The van der Waals surface area contributed by atoms with Gasteiger partial charge in [0.15, 0.2) is 0 Å². The summed E-state index contributed by atoms with van der Waals surface area (Å²) in [6.45, 7) is 11.3. The molecule has 1 atom stereocenters. The van der Waals surface area contributed by atoms with Crippen LogP contribution in [0.25, 0.3) is 0 Å². The van der Waals surface area contributed by atoms with Gasteiger partial charge in [-0.25, -0.2) is 0 Å². The van der Waals surface area contributed by atoms with E-state index in [4.69, 9.17) is 23.2 Å². The van der Waals surface area contributed by atoms with Crippen molar-refractivity contribution in [3.63, 3.8) is 0 Å². The second-order valence-corrected chi connectivity index (χ2v) is 10.2. The van der Waals surface area contributed by atoms with E-state index in [1.54, 1.807) is 0 Å². The summed E-state index contributed by atoms with van der Waals surface area (Å²) in [7, 11) is 0. The fraction of sp³-hybridized carbons (Fsp3) is 0.480. The lowest BCUT2D eigenvalue weighted by molar-refractivity contribution is -0.127. The van der Waals surface area contributed by atoms with Gasteiger partial charge in [0.05, 0.1) is 16.1 Å². The Morgan fingerprint density at radius 1 is 1.07 bits per heavy atom. The number of nitrogens with zero attached hydrogens (tertiary/aromatic N) is 1. The van der Waals surface area contributed by atoms with Gasteiger partial charge in [-0.2, -0.15) is 0 Å². The van der Waals surface area contributed by atoms with Gasteiger partial charge in [-0.1, -0.05) is 74.3 Å². The van der Waals surface area contributed by atoms with Crippen LogP contribution in [0.2, 0.25) is 10.0 Å². The van der Waals surface area contributed by atoms with E-state index in [2.05, 4.69) is 62.2 Å². The molecule has 0 bridgehead atoms. The van der Waals surface area contributed by atoms with Crippen molar-refractivity contribution < 1.29 is 4.79 Å². The lowest BCUT2D eigenvalue weighted by Crippen LogP contribution is -2.40. The van der Waals surface area contributed by atoms with Crippen molar-refractivity contribution in [3.05, 3.63) is 69.2 Å². The number of piperidine rings is 1. The summed E-state index contributed by atoms with van der Waals surface area (Å²) in [5.41, 5.74) is 3.74. The van der Waals surface area contributed by atoms with Crippen LogP contribution in [0.3, 0.4) is 0 Å². The Bertz CT molecular complexity index is 866. The van der Waals surface area contributed by atoms with Crippen LogP contribution in [0.5, 0.6) is 0 Å². The van der Waals surface area contributed by atoms with E-state index >= 15 is 0 Å². The summed E-state index contributed by atoms with van der Waals surface area (Å²) in [6.07, 6.45) is 1.76. The average Bonchev–Trinajstić information content (AvgIpc) is 2.70. The van der Waals surface area contributed by atoms with Gasteiger partial charge in [0.1, 0.15) is 0 Å². The highest BCUT2D eigenvalue weighted by Gasteiger charge is 2.26. The molecule has 1 aliphatic rings. The quantitative estimate of drug-likeness (QED) is 0.577. The molecule has 1 N–H and O–H groups in total.